The highest BCUT2D eigenvalue weighted by molar-refractivity contribution is 4.95. The van der Waals surface area contributed by atoms with Crippen LogP contribution in [0, 0.1) is 0 Å². The largest absolute Gasteiger partial charge is 0.373 e. The summed E-state index contributed by atoms with van der Waals surface area (Å²) >= 11 is 0. The first-order valence-corrected chi connectivity index (χ1v) is 3.32. The number of nitrogens with zero attached hydrogens (tertiary/aromatic N) is 1. The van der Waals surface area contributed by atoms with E-state index in [-0.39, 0.29) is 5.56 Å². The topological polar surface area (TPSA) is 54.3 Å². The maximum atomic E-state index is 10.9. The maximum absolute atomic E-state index is 10.9. The fraction of sp³-hybridized carbons (Fsp3) is 0.286. The highest BCUT2D eigenvalue weighted by atomic mass is 16.3. The SMILES string of the molecule is CC(O)Nn1ccccc1=O. The molecule has 4 heteroatoms. The average Bonchev–Trinajstić information content (AvgIpc) is 1.93. The Kier molecular flexibility index (Phi) is 2.28. The predicted molar refractivity (Wildman–Crippen MR) is 41.7 cm³/mol. The van der Waals surface area contributed by atoms with Gasteiger partial charge >= 0.3 is 0 Å². The van der Waals surface area contributed by atoms with Crippen LogP contribution in [0.1, 0.15) is 6.92 Å². The van der Waals surface area contributed by atoms with Gasteiger partial charge in [-0.05, 0) is 13.0 Å². The van der Waals surface area contributed by atoms with Crippen molar-refractivity contribution in [3.63, 3.8) is 0 Å². The molecule has 1 aromatic rings. The molecule has 0 aromatic carbocycles. The molecule has 0 spiro atoms. The Morgan fingerprint density at radius 3 is 2.91 bits per heavy atom. The lowest BCUT2D eigenvalue weighted by molar-refractivity contribution is 0.207. The zero-order chi connectivity index (χ0) is 8.27. The number of aliphatic hydroxyl groups is 1. The number of aliphatic hydroxyl groups excluding tert-OH is 1. The molecule has 0 aliphatic rings. The second kappa shape index (κ2) is 3.21. The zero-order valence-electron chi connectivity index (χ0n) is 6.19. The molecular formula is C7H10N2O2. The summed E-state index contributed by atoms with van der Waals surface area (Å²) in [5.41, 5.74) is 2.35. The molecule has 0 saturated carbocycles. The van der Waals surface area contributed by atoms with E-state index in [2.05, 4.69) is 5.43 Å². The van der Waals surface area contributed by atoms with Crippen LogP contribution in [0.4, 0.5) is 0 Å². The molecule has 1 atom stereocenters. The Labute approximate surface area is 64.1 Å². The quantitative estimate of drug-likeness (QED) is 0.576. The van der Waals surface area contributed by atoms with Gasteiger partial charge in [0.25, 0.3) is 5.56 Å². The smallest absolute Gasteiger partial charge is 0.268 e. The van der Waals surface area contributed by atoms with Gasteiger partial charge in [0.1, 0.15) is 6.23 Å². The number of nitrogens with one attached hydrogen (secondary N) is 1. The van der Waals surface area contributed by atoms with E-state index in [1.807, 2.05) is 0 Å². The third kappa shape index (κ3) is 2.09. The monoisotopic (exact) mass is 154 g/mol. The van der Waals surface area contributed by atoms with Crippen LogP contribution in [0.15, 0.2) is 29.2 Å². The van der Waals surface area contributed by atoms with Gasteiger partial charge in [0.2, 0.25) is 0 Å². The molecule has 2 N–H and O–H groups in total. The van der Waals surface area contributed by atoms with Crippen molar-refractivity contribution in [1.82, 2.24) is 4.68 Å². The van der Waals surface area contributed by atoms with Crippen molar-refractivity contribution in [3.05, 3.63) is 34.7 Å². The predicted octanol–water partition coefficient (Wildman–Crippen LogP) is -0.270. The van der Waals surface area contributed by atoms with Crippen LogP contribution in [-0.2, 0) is 0 Å². The van der Waals surface area contributed by atoms with Crippen molar-refractivity contribution in [2.75, 3.05) is 5.43 Å². The van der Waals surface area contributed by atoms with E-state index >= 15 is 0 Å². The number of pyridine rings is 1. The van der Waals surface area contributed by atoms with Crippen LogP contribution < -0.4 is 11.0 Å². The highest BCUT2D eigenvalue weighted by Gasteiger charge is 1.94. The van der Waals surface area contributed by atoms with Gasteiger partial charge in [-0.2, -0.15) is 0 Å². The van der Waals surface area contributed by atoms with E-state index in [0.717, 1.165) is 0 Å². The van der Waals surface area contributed by atoms with Gasteiger partial charge < -0.3 is 5.11 Å². The molecule has 0 saturated heterocycles. The fourth-order valence-corrected chi connectivity index (χ4v) is 0.735. The molecule has 1 rings (SSSR count). The Morgan fingerprint density at radius 2 is 2.36 bits per heavy atom. The summed E-state index contributed by atoms with van der Waals surface area (Å²) in [4.78, 5) is 10.9. The first kappa shape index (κ1) is 7.81. The Balaban J connectivity index is 2.87. The molecule has 0 aliphatic heterocycles. The Bertz CT molecular complexity index is 280. The third-order valence-electron chi connectivity index (χ3n) is 1.15. The molecule has 1 heterocycles. The molecule has 4 nitrogen and oxygen atoms in total. The van der Waals surface area contributed by atoms with E-state index < -0.39 is 6.23 Å². The number of hydrogen-bond donors (Lipinski definition) is 2. The van der Waals surface area contributed by atoms with Crippen molar-refractivity contribution in [3.8, 4) is 0 Å². The Hall–Kier alpha value is -1.29. The number of aromatic nitrogens is 1. The summed E-state index contributed by atoms with van der Waals surface area (Å²) in [5, 5.41) is 8.86. The molecule has 60 valence electrons. The first-order chi connectivity index (χ1) is 5.20. The fourth-order valence-electron chi connectivity index (χ4n) is 0.735. The molecule has 0 bridgehead atoms. The Morgan fingerprint density at radius 1 is 1.64 bits per heavy atom. The van der Waals surface area contributed by atoms with Crippen LogP contribution >= 0.6 is 0 Å². The lowest BCUT2D eigenvalue weighted by atomic mass is 10.5. The molecule has 1 unspecified atom stereocenters. The minimum absolute atomic E-state index is 0.187. The zero-order valence-corrected chi connectivity index (χ0v) is 6.19. The van der Waals surface area contributed by atoms with Gasteiger partial charge in [-0.15, -0.1) is 0 Å². The van der Waals surface area contributed by atoms with Crippen LogP contribution in [0.3, 0.4) is 0 Å². The van der Waals surface area contributed by atoms with E-state index in [1.165, 1.54) is 10.7 Å². The van der Waals surface area contributed by atoms with Crippen molar-refractivity contribution >= 4 is 0 Å². The minimum atomic E-state index is -0.727. The highest BCUT2D eigenvalue weighted by Crippen LogP contribution is 1.79. The summed E-state index contributed by atoms with van der Waals surface area (Å²) in [6.07, 6.45) is 0.824. The van der Waals surface area contributed by atoms with Crippen LogP contribution in [0.25, 0.3) is 0 Å². The molecule has 0 amide bonds. The van der Waals surface area contributed by atoms with Gasteiger partial charge in [0.05, 0.1) is 0 Å². The van der Waals surface area contributed by atoms with E-state index in [9.17, 15) is 4.79 Å². The number of rotatable bonds is 2. The summed E-state index contributed by atoms with van der Waals surface area (Å²) < 4.78 is 1.23. The summed E-state index contributed by atoms with van der Waals surface area (Å²) in [7, 11) is 0. The van der Waals surface area contributed by atoms with Gasteiger partial charge in [-0.1, -0.05) is 6.07 Å². The van der Waals surface area contributed by atoms with Crippen molar-refractivity contribution in [2.24, 2.45) is 0 Å². The van der Waals surface area contributed by atoms with Gasteiger partial charge in [0.15, 0.2) is 0 Å². The lowest BCUT2D eigenvalue weighted by Gasteiger charge is -2.10. The summed E-state index contributed by atoms with van der Waals surface area (Å²) in [6.45, 7) is 1.54. The first-order valence-electron chi connectivity index (χ1n) is 3.32. The molecule has 1 aromatic heterocycles. The van der Waals surface area contributed by atoms with Crippen LogP contribution in [0.5, 0.6) is 0 Å². The normalized spacial score (nSPS) is 12.5. The standard InChI is InChI=1S/C7H10N2O2/c1-6(10)8-9-5-3-2-4-7(9)11/h2-6,8,10H,1H3. The third-order valence-corrected chi connectivity index (χ3v) is 1.15. The van der Waals surface area contributed by atoms with Gasteiger partial charge in [0, 0.05) is 12.3 Å². The summed E-state index contributed by atoms with van der Waals surface area (Å²) in [5.74, 6) is 0. The van der Waals surface area contributed by atoms with Crippen LogP contribution in [0.2, 0.25) is 0 Å². The molecule has 0 aliphatic carbocycles. The van der Waals surface area contributed by atoms with E-state index in [0.29, 0.717) is 0 Å². The van der Waals surface area contributed by atoms with Crippen LogP contribution in [-0.4, -0.2) is 16.0 Å². The van der Waals surface area contributed by atoms with Gasteiger partial charge in [-0.3, -0.25) is 10.2 Å². The average molecular weight is 154 g/mol. The minimum Gasteiger partial charge on any atom is -0.373 e. The van der Waals surface area contributed by atoms with E-state index in [4.69, 9.17) is 5.11 Å². The second-order valence-electron chi connectivity index (χ2n) is 2.21. The molecule has 11 heavy (non-hydrogen) atoms. The molecule has 0 fully saturated rings. The maximum Gasteiger partial charge on any atom is 0.268 e. The van der Waals surface area contributed by atoms with E-state index in [1.54, 1.807) is 25.3 Å². The number of hydrogen-bond acceptors (Lipinski definition) is 3. The summed E-state index contributed by atoms with van der Waals surface area (Å²) in [6, 6.07) is 4.76. The van der Waals surface area contributed by atoms with Crippen molar-refractivity contribution in [2.45, 2.75) is 13.2 Å². The van der Waals surface area contributed by atoms with Crippen molar-refractivity contribution < 1.29 is 5.11 Å². The molecular weight excluding hydrogens is 144 g/mol. The van der Waals surface area contributed by atoms with Gasteiger partial charge in [-0.25, -0.2) is 4.68 Å². The lowest BCUT2D eigenvalue weighted by Crippen LogP contribution is -2.33. The second-order valence-corrected chi connectivity index (χ2v) is 2.21. The van der Waals surface area contributed by atoms with Crippen molar-refractivity contribution in [1.29, 1.82) is 0 Å². The molecule has 0 radical (unpaired) electrons.